The van der Waals surface area contributed by atoms with Crippen molar-refractivity contribution in [2.45, 2.75) is 12.5 Å². The maximum absolute atomic E-state index is 12.0. The summed E-state index contributed by atoms with van der Waals surface area (Å²) in [7, 11) is 0. The summed E-state index contributed by atoms with van der Waals surface area (Å²) in [5.41, 5.74) is 1.82. The normalized spacial score (nSPS) is 17.9. The number of phenols is 1. The zero-order valence-electron chi connectivity index (χ0n) is 11.1. The van der Waals surface area contributed by atoms with Crippen molar-refractivity contribution in [1.82, 2.24) is 5.01 Å². The SMILES string of the molecule is O=C(CCl)N1N=C(c2cccs2)CC1c1ccc(O)cc1. The summed E-state index contributed by atoms with van der Waals surface area (Å²) < 4.78 is 0. The van der Waals surface area contributed by atoms with Crippen LogP contribution in [0.3, 0.4) is 0 Å². The zero-order chi connectivity index (χ0) is 14.8. The molecule has 0 bridgehead atoms. The number of rotatable bonds is 3. The summed E-state index contributed by atoms with van der Waals surface area (Å²) in [6.07, 6.45) is 0.647. The number of thiophene rings is 1. The largest absolute Gasteiger partial charge is 0.508 e. The molecule has 4 nitrogen and oxygen atoms in total. The van der Waals surface area contributed by atoms with Crippen molar-refractivity contribution in [2.75, 3.05) is 5.88 Å². The van der Waals surface area contributed by atoms with Crippen molar-refractivity contribution in [3.63, 3.8) is 0 Å². The van der Waals surface area contributed by atoms with Crippen molar-refractivity contribution in [3.05, 3.63) is 52.2 Å². The van der Waals surface area contributed by atoms with E-state index in [-0.39, 0.29) is 23.6 Å². The smallest absolute Gasteiger partial charge is 0.258 e. The molecule has 1 N–H and O–H groups in total. The Morgan fingerprint density at radius 3 is 2.76 bits per heavy atom. The van der Waals surface area contributed by atoms with E-state index in [1.807, 2.05) is 17.5 Å². The molecule has 0 radical (unpaired) electrons. The minimum Gasteiger partial charge on any atom is -0.508 e. The van der Waals surface area contributed by atoms with Crippen molar-refractivity contribution in [1.29, 1.82) is 0 Å². The molecule has 0 saturated heterocycles. The fourth-order valence-corrected chi connectivity index (χ4v) is 3.19. The van der Waals surface area contributed by atoms with E-state index in [1.54, 1.807) is 35.6 Å². The molecule has 0 spiro atoms. The van der Waals surface area contributed by atoms with Crippen LogP contribution in [0.4, 0.5) is 0 Å². The Hall–Kier alpha value is -1.85. The molecule has 0 fully saturated rings. The highest BCUT2D eigenvalue weighted by atomic mass is 35.5. The van der Waals surface area contributed by atoms with Gasteiger partial charge in [0.1, 0.15) is 11.6 Å². The third-order valence-electron chi connectivity index (χ3n) is 3.36. The lowest BCUT2D eigenvalue weighted by atomic mass is 10.0. The fourth-order valence-electron chi connectivity index (χ4n) is 2.35. The molecule has 2 heterocycles. The van der Waals surface area contributed by atoms with Crippen LogP contribution in [0, 0.1) is 0 Å². The predicted molar refractivity (Wildman–Crippen MR) is 83.9 cm³/mol. The maximum atomic E-state index is 12.0. The molecule has 0 aliphatic carbocycles. The average molecular weight is 321 g/mol. The highest BCUT2D eigenvalue weighted by Crippen LogP contribution is 2.34. The van der Waals surface area contributed by atoms with E-state index >= 15 is 0 Å². The first-order valence-corrected chi connectivity index (χ1v) is 7.89. The number of nitrogens with zero attached hydrogens (tertiary/aromatic N) is 2. The molecule has 3 rings (SSSR count). The van der Waals surface area contributed by atoms with E-state index in [0.29, 0.717) is 6.42 Å². The van der Waals surface area contributed by atoms with Gasteiger partial charge in [0.15, 0.2) is 0 Å². The topological polar surface area (TPSA) is 52.9 Å². The van der Waals surface area contributed by atoms with Crippen LogP contribution >= 0.6 is 22.9 Å². The number of aromatic hydroxyl groups is 1. The van der Waals surface area contributed by atoms with E-state index in [0.717, 1.165) is 16.2 Å². The van der Waals surface area contributed by atoms with Gasteiger partial charge in [0.25, 0.3) is 5.91 Å². The quantitative estimate of drug-likeness (QED) is 0.882. The number of hydrogen-bond acceptors (Lipinski definition) is 4. The Morgan fingerprint density at radius 1 is 1.38 bits per heavy atom. The lowest BCUT2D eigenvalue weighted by molar-refractivity contribution is -0.130. The first-order valence-electron chi connectivity index (χ1n) is 6.47. The molecule has 1 aliphatic heterocycles. The minimum atomic E-state index is -0.221. The number of carbonyl (C=O) groups excluding carboxylic acids is 1. The van der Waals surface area contributed by atoms with Crippen LogP contribution in [-0.2, 0) is 4.79 Å². The van der Waals surface area contributed by atoms with Gasteiger partial charge >= 0.3 is 0 Å². The van der Waals surface area contributed by atoms with Gasteiger partial charge in [-0.05, 0) is 29.1 Å². The van der Waals surface area contributed by atoms with Crippen LogP contribution in [-0.4, -0.2) is 27.6 Å². The van der Waals surface area contributed by atoms with Gasteiger partial charge in [0, 0.05) is 6.42 Å². The third-order valence-corrected chi connectivity index (χ3v) is 4.51. The Balaban J connectivity index is 1.93. The van der Waals surface area contributed by atoms with Gasteiger partial charge in [0.2, 0.25) is 0 Å². The number of hydrazone groups is 1. The summed E-state index contributed by atoms with van der Waals surface area (Å²) in [5, 5.41) is 17.3. The van der Waals surface area contributed by atoms with Crippen molar-refractivity contribution < 1.29 is 9.90 Å². The molecule has 0 saturated carbocycles. The lowest BCUT2D eigenvalue weighted by Crippen LogP contribution is -2.27. The zero-order valence-corrected chi connectivity index (χ0v) is 12.6. The molecule has 1 aromatic heterocycles. The molecular weight excluding hydrogens is 308 g/mol. The van der Waals surface area contributed by atoms with Crippen molar-refractivity contribution >= 4 is 34.6 Å². The number of halogens is 1. The second-order valence-electron chi connectivity index (χ2n) is 4.71. The van der Waals surface area contributed by atoms with Gasteiger partial charge in [-0.2, -0.15) is 5.10 Å². The Bertz CT molecular complexity index is 667. The molecule has 1 amide bonds. The molecule has 1 aromatic carbocycles. The molecule has 1 atom stereocenters. The molecule has 21 heavy (non-hydrogen) atoms. The van der Waals surface area contributed by atoms with E-state index < -0.39 is 0 Å². The van der Waals surface area contributed by atoms with E-state index in [2.05, 4.69) is 5.10 Å². The Kier molecular flexibility index (Phi) is 3.94. The van der Waals surface area contributed by atoms with E-state index in [1.165, 1.54) is 5.01 Å². The Morgan fingerprint density at radius 2 is 2.14 bits per heavy atom. The summed E-state index contributed by atoms with van der Waals surface area (Å²) in [5.74, 6) is -0.122. The average Bonchev–Trinajstić information content (AvgIpc) is 3.16. The standard InChI is InChI=1S/C15H13ClN2O2S/c16-9-15(20)18-13(10-3-5-11(19)6-4-10)8-12(17-18)14-2-1-7-21-14/h1-7,13,19H,8-9H2. The molecule has 108 valence electrons. The summed E-state index contributed by atoms with van der Waals surface area (Å²) in [6.45, 7) is 0. The van der Waals surface area contributed by atoms with Crippen LogP contribution in [0.25, 0.3) is 0 Å². The van der Waals surface area contributed by atoms with Crippen molar-refractivity contribution in [2.24, 2.45) is 5.10 Å². The number of benzene rings is 1. The van der Waals surface area contributed by atoms with Crippen LogP contribution in [0.1, 0.15) is 22.9 Å². The monoisotopic (exact) mass is 320 g/mol. The fraction of sp³-hybridized carbons (Fsp3) is 0.200. The van der Waals surface area contributed by atoms with Crippen molar-refractivity contribution in [3.8, 4) is 5.75 Å². The number of hydrogen-bond donors (Lipinski definition) is 1. The van der Waals surface area contributed by atoms with E-state index in [9.17, 15) is 9.90 Å². The Labute approximate surface area is 131 Å². The maximum Gasteiger partial charge on any atom is 0.258 e. The number of alkyl halides is 1. The van der Waals surface area contributed by atoms with Crippen LogP contribution in [0.2, 0.25) is 0 Å². The summed E-state index contributed by atoms with van der Waals surface area (Å²) in [4.78, 5) is 13.1. The van der Waals surface area contributed by atoms with Gasteiger partial charge in [-0.15, -0.1) is 22.9 Å². The van der Waals surface area contributed by atoms with Gasteiger partial charge in [-0.1, -0.05) is 18.2 Å². The molecule has 2 aromatic rings. The third kappa shape index (κ3) is 2.80. The molecule has 1 aliphatic rings. The number of phenolic OH excluding ortho intramolecular Hbond substituents is 1. The van der Waals surface area contributed by atoms with Crippen LogP contribution in [0.15, 0.2) is 46.9 Å². The minimum absolute atomic E-state index is 0.101. The second-order valence-corrected chi connectivity index (χ2v) is 5.92. The highest BCUT2D eigenvalue weighted by Gasteiger charge is 2.32. The van der Waals surface area contributed by atoms with Gasteiger partial charge < -0.3 is 5.11 Å². The first kappa shape index (κ1) is 14.1. The number of carbonyl (C=O) groups is 1. The lowest BCUT2D eigenvalue weighted by Gasteiger charge is -2.21. The van der Waals surface area contributed by atoms with E-state index in [4.69, 9.17) is 11.6 Å². The summed E-state index contributed by atoms with van der Waals surface area (Å²) >= 11 is 7.28. The first-order chi connectivity index (χ1) is 10.2. The molecule has 1 unspecified atom stereocenters. The molecular formula is C15H13ClN2O2S. The van der Waals surface area contributed by atoms with Gasteiger partial charge in [-0.3, -0.25) is 4.79 Å². The predicted octanol–water partition coefficient (Wildman–Crippen LogP) is 3.37. The summed E-state index contributed by atoms with van der Waals surface area (Å²) in [6, 6.07) is 10.6. The van der Waals surface area contributed by atoms with Crippen LogP contribution < -0.4 is 0 Å². The number of amides is 1. The van der Waals surface area contributed by atoms with Gasteiger partial charge in [0.05, 0.1) is 16.6 Å². The second kappa shape index (κ2) is 5.87. The van der Waals surface area contributed by atoms with Gasteiger partial charge in [-0.25, -0.2) is 5.01 Å². The highest BCUT2D eigenvalue weighted by molar-refractivity contribution is 7.12. The van der Waals surface area contributed by atoms with Crippen LogP contribution in [0.5, 0.6) is 5.75 Å². The molecule has 6 heteroatoms.